The molecule has 0 aromatic heterocycles. The number of thioether (sulfide) groups is 1. The van der Waals surface area contributed by atoms with E-state index >= 15 is 0 Å². The zero-order valence-electron chi connectivity index (χ0n) is 14.7. The molecule has 3 rings (SSSR count). The molecule has 0 bridgehead atoms. The number of amidine groups is 1. The molecule has 0 amide bonds. The van der Waals surface area contributed by atoms with Crippen molar-refractivity contribution in [1.29, 1.82) is 0 Å². The highest BCUT2D eigenvalue weighted by atomic mass is 32.2. The smallest absolute Gasteiger partial charge is 0.167 e. The highest BCUT2D eigenvalue weighted by molar-refractivity contribution is 8.13. The summed E-state index contributed by atoms with van der Waals surface area (Å²) in [5, 5.41) is 0.510. The largest absolute Gasteiger partial charge is 0.379 e. The van der Waals surface area contributed by atoms with Crippen LogP contribution in [0.4, 0.5) is 8.78 Å². The van der Waals surface area contributed by atoms with Crippen LogP contribution in [0.15, 0.2) is 41.4 Å². The Morgan fingerprint density at radius 1 is 1.27 bits per heavy atom. The van der Waals surface area contributed by atoms with Crippen molar-refractivity contribution < 1.29 is 13.6 Å². The molecule has 2 N–H and O–H groups in total. The third-order valence-corrected chi connectivity index (χ3v) is 5.51. The predicted molar refractivity (Wildman–Crippen MR) is 102 cm³/mol. The highest BCUT2D eigenvalue weighted by Gasteiger charge is 2.30. The van der Waals surface area contributed by atoms with E-state index in [4.69, 9.17) is 5.73 Å². The van der Waals surface area contributed by atoms with Gasteiger partial charge < -0.3 is 5.73 Å². The summed E-state index contributed by atoms with van der Waals surface area (Å²) in [6.45, 7) is 3.69. The maximum atomic E-state index is 14.3. The van der Waals surface area contributed by atoms with Gasteiger partial charge in [0, 0.05) is 17.7 Å². The SMILES string of the molecule is Cc1ccc(F)cc1C(=O)Cc1cc(C2(C)CCSC(N)=N2)ccc1F. The molecule has 1 aliphatic rings. The number of nitrogens with two attached hydrogens (primary N) is 1. The summed E-state index contributed by atoms with van der Waals surface area (Å²) in [6, 6.07) is 8.77. The third-order valence-electron chi connectivity index (χ3n) is 4.71. The molecular formula is C20H20F2N2OS. The van der Waals surface area contributed by atoms with Crippen LogP contribution < -0.4 is 5.73 Å². The molecule has 0 spiro atoms. The molecule has 3 nitrogen and oxygen atoms in total. The zero-order chi connectivity index (χ0) is 18.9. The number of carbonyl (C=O) groups excluding carboxylic acids is 1. The van der Waals surface area contributed by atoms with Crippen molar-refractivity contribution in [3.8, 4) is 0 Å². The number of aryl methyl sites for hydroxylation is 1. The van der Waals surface area contributed by atoms with Gasteiger partial charge in [0.15, 0.2) is 11.0 Å². The fraction of sp³-hybridized carbons (Fsp3) is 0.300. The van der Waals surface area contributed by atoms with Crippen molar-refractivity contribution >= 4 is 22.7 Å². The van der Waals surface area contributed by atoms with Gasteiger partial charge in [-0.05, 0) is 55.2 Å². The maximum absolute atomic E-state index is 14.3. The van der Waals surface area contributed by atoms with Crippen molar-refractivity contribution in [2.75, 3.05) is 5.75 Å². The van der Waals surface area contributed by atoms with E-state index in [0.717, 1.165) is 17.7 Å². The first kappa shape index (κ1) is 18.6. The molecule has 6 heteroatoms. The minimum absolute atomic E-state index is 0.131. The van der Waals surface area contributed by atoms with Crippen LogP contribution in [0.2, 0.25) is 0 Å². The number of hydrogen-bond acceptors (Lipinski definition) is 4. The van der Waals surface area contributed by atoms with Crippen molar-refractivity contribution in [3.63, 3.8) is 0 Å². The molecule has 0 fully saturated rings. The molecule has 1 heterocycles. The van der Waals surface area contributed by atoms with Crippen LogP contribution in [-0.4, -0.2) is 16.7 Å². The molecule has 2 aromatic rings. The number of Topliss-reactive ketones (excluding diaryl/α,β-unsaturated/α-hetero) is 1. The first-order valence-electron chi connectivity index (χ1n) is 8.35. The monoisotopic (exact) mass is 374 g/mol. The third kappa shape index (κ3) is 3.80. The van der Waals surface area contributed by atoms with E-state index in [1.807, 2.05) is 6.92 Å². The van der Waals surface area contributed by atoms with E-state index in [-0.39, 0.29) is 23.3 Å². The van der Waals surface area contributed by atoms with Crippen molar-refractivity contribution in [3.05, 3.63) is 70.3 Å². The Labute approximate surface area is 155 Å². The summed E-state index contributed by atoms with van der Waals surface area (Å²) < 4.78 is 27.8. The second kappa shape index (κ2) is 7.19. The molecule has 2 aromatic carbocycles. The van der Waals surface area contributed by atoms with Gasteiger partial charge in [0.25, 0.3) is 0 Å². The standard InChI is InChI=1S/C20H20F2N2OS/c1-12-3-5-15(21)11-16(12)18(25)10-13-9-14(4-6-17(13)22)20(2)7-8-26-19(23)24-20/h3-6,9,11H,7-8,10H2,1-2H3,(H2,23,24). The van der Waals surface area contributed by atoms with E-state index in [0.29, 0.717) is 10.7 Å². The average molecular weight is 374 g/mol. The van der Waals surface area contributed by atoms with E-state index in [2.05, 4.69) is 4.99 Å². The molecule has 0 aliphatic carbocycles. The molecule has 1 unspecified atom stereocenters. The Kier molecular flexibility index (Phi) is 5.14. The Hall–Kier alpha value is -2.21. The first-order valence-corrected chi connectivity index (χ1v) is 9.33. The van der Waals surface area contributed by atoms with Crippen LogP contribution >= 0.6 is 11.8 Å². The summed E-state index contributed by atoms with van der Waals surface area (Å²) in [5.41, 5.74) is 7.37. The fourth-order valence-electron chi connectivity index (χ4n) is 3.10. The van der Waals surface area contributed by atoms with Gasteiger partial charge in [-0.3, -0.25) is 9.79 Å². The highest BCUT2D eigenvalue weighted by Crippen LogP contribution is 2.35. The van der Waals surface area contributed by atoms with Crippen LogP contribution in [0.3, 0.4) is 0 Å². The van der Waals surface area contributed by atoms with Gasteiger partial charge in [0.05, 0.1) is 5.54 Å². The van der Waals surface area contributed by atoms with E-state index in [1.54, 1.807) is 25.1 Å². The normalized spacial score (nSPS) is 19.9. The van der Waals surface area contributed by atoms with Gasteiger partial charge in [-0.2, -0.15) is 0 Å². The van der Waals surface area contributed by atoms with Crippen LogP contribution in [0.5, 0.6) is 0 Å². The lowest BCUT2D eigenvalue weighted by atomic mass is 9.87. The molecule has 0 radical (unpaired) electrons. The number of benzene rings is 2. The quantitative estimate of drug-likeness (QED) is 0.809. The number of rotatable bonds is 4. The van der Waals surface area contributed by atoms with Crippen molar-refractivity contribution in [2.24, 2.45) is 10.7 Å². The van der Waals surface area contributed by atoms with E-state index in [9.17, 15) is 13.6 Å². The number of halogens is 2. The van der Waals surface area contributed by atoms with Gasteiger partial charge in [-0.1, -0.05) is 30.0 Å². The molecule has 136 valence electrons. The molecule has 0 saturated carbocycles. The van der Waals surface area contributed by atoms with Gasteiger partial charge >= 0.3 is 0 Å². The molecular weight excluding hydrogens is 354 g/mol. The lowest BCUT2D eigenvalue weighted by molar-refractivity contribution is 0.0990. The number of ketones is 1. The molecule has 1 aliphatic heterocycles. The van der Waals surface area contributed by atoms with Crippen LogP contribution in [0.25, 0.3) is 0 Å². The van der Waals surface area contributed by atoms with Gasteiger partial charge in [0.2, 0.25) is 0 Å². The van der Waals surface area contributed by atoms with Crippen molar-refractivity contribution in [1.82, 2.24) is 0 Å². The van der Waals surface area contributed by atoms with Crippen LogP contribution in [-0.2, 0) is 12.0 Å². The van der Waals surface area contributed by atoms with Gasteiger partial charge in [-0.15, -0.1) is 0 Å². The summed E-state index contributed by atoms with van der Waals surface area (Å²) in [6.07, 6.45) is 0.647. The summed E-state index contributed by atoms with van der Waals surface area (Å²) in [5.74, 6) is -0.419. The minimum Gasteiger partial charge on any atom is -0.379 e. The second-order valence-electron chi connectivity index (χ2n) is 6.69. The number of carbonyl (C=O) groups is 1. The van der Waals surface area contributed by atoms with Crippen LogP contribution in [0, 0.1) is 18.6 Å². The Morgan fingerprint density at radius 2 is 2.04 bits per heavy atom. The Balaban J connectivity index is 1.92. The molecule has 1 atom stereocenters. The Bertz CT molecular complexity index is 897. The minimum atomic E-state index is -0.532. The number of hydrogen-bond donors (Lipinski definition) is 1. The van der Waals surface area contributed by atoms with Crippen LogP contribution in [0.1, 0.15) is 40.4 Å². The van der Waals surface area contributed by atoms with Crippen molar-refractivity contribution in [2.45, 2.75) is 32.2 Å². The lowest BCUT2D eigenvalue weighted by Crippen LogP contribution is -2.29. The average Bonchev–Trinajstić information content (AvgIpc) is 2.58. The predicted octanol–water partition coefficient (Wildman–Crippen LogP) is 4.37. The summed E-state index contributed by atoms with van der Waals surface area (Å²) in [7, 11) is 0. The topological polar surface area (TPSA) is 55.5 Å². The lowest BCUT2D eigenvalue weighted by Gasteiger charge is -2.30. The number of aliphatic imine (C=N–C) groups is 1. The van der Waals surface area contributed by atoms with Gasteiger partial charge in [-0.25, -0.2) is 8.78 Å². The van der Waals surface area contributed by atoms with E-state index in [1.165, 1.54) is 30.0 Å². The summed E-state index contributed by atoms with van der Waals surface area (Å²) >= 11 is 1.50. The molecule has 26 heavy (non-hydrogen) atoms. The molecule has 0 saturated heterocycles. The fourth-order valence-corrected chi connectivity index (χ4v) is 4.08. The Morgan fingerprint density at radius 3 is 2.77 bits per heavy atom. The number of nitrogens with zero attached hydrogens (tertiary/aromatic N) is 1. The van der Waals surface area contributed by atoms with E-state index < -0.39 is 17.2 Å². The second-order valence-corrected chi connectivity index (χ2v) is 7.80. The van der Waals surface area contributed by atoms with Gasteiger partial charge in [0.1, 0.15) is 11.6 Å². The zero-order valence-corrected chi connectivity index (χ0v) is 15.5. The summed E-state index contributed by atoms with van der Waals surface area (Å²) in [4.78, 5) is 17.1. The first-order chi connectivity index (χ1) is 12.3. The maximum Gasteiger partial charge on any atom is 0.167 e.